The standard InChI is InChI=1S/C13H16N2O2/c1-3-5-9(2)15-8-14-12-10(13(16)17)6-4-7-11(12)15/h4,6-9H,3,5H2,1-2H3,(H,16,17). The number of aromatic carboxylic acids is 1. The van der Waals surface area contributed by atoms with Crippen LogP contribution in [0.5, 0.6) is 0 Å². The fraction of sp³-hybridized carbons (Fsp3) is 0.385. The van der Waals surface area contributed by atoms with E-state index >= 15 is 0 Å². The Balaban J connectivity index is 2.54. The van der Waals surface area contributed by atoms with Crippen molar-refractivity contribution in [1.82, 2.24) is 9.55 Å². The van der Waals surface area contributed by atoms with E-state index in [0.717, 1.165) is 18.4 Å². The molecule has 0 saturated heterocycles. The van der Waals surface area contributed by atoms with Gasteiger partial charge in [-0.15, -0.1) is 0 Å². The fourth-order valence-electron chi connectivity index (χ4n) is 2.14. The number of benzene rings is 1. The van der Waals surface area contributed by atoms with E-state index in [0.29, 0.717) is 11.6 Å². The van der Waals surface area contributed by atoms with Crippen molar-refractivity contribution in [3.63, 3.8) is 0 Å². The Hall–Kier alpha value is -1.84. The van der Waals surface area contributed by atoms with Crippen LogP contribution in [0.25, 0.3) is 11.0 Å². The van der Waals surface area contributed by atoms with Crippen molar-refractivity contribution in [2.45, 2.75) is 32.7 Å². The molecule has 0 radical (unpaired) electrons. The Labute approximate surface area is 99.9 Å². The van der Waals surface area contributed by atoms with Crippen LogP contribution in [0.3, 0.4) is 0 Å². The number of nitrogens with zero attached hydrogens (tertiary/aromatic N) is 2. The normalized spacial score (nSPS) is 12.8. The van der Waals surface area contributed by atoms with Crippen LogP contribution in [0.2, 0.25) is 0 Å². The van der Waals surface area contributed by atoms with Crippen molar-refractivity contribution in [2.75, 3.05) is 0 Å². The van der Waals surface area contributed by atoms with E-state index in [4.69, 9.17) is 5.11 Å². The van der Waals surface area contributed by atoms with E-state index in [2.05, 4.69) is 18.8 Å². The summed E-state index contributed by atoms with van der Waals surface area (Å²) in [5, 5.41) is 9.08. The summed E-state index contributed by atoms with van der Waals surface area (Å²) in [5.74, 6) is -0.927. The Morgan fingerprint density at radius 2 is 2.29 bits per heavy atom. The van der Waals surface area contributed by atoms with E-state index in [1.54, 1.807) is 18.5 Å². The van der Waals surface area contributed by atoms with Crippen LogP contribution >= 0.6 is 0 Å². The highest BCUT2D eigenvalue weighted by molar-refractivity contribution is 6.00. The summed E-state index contributed by atoms with van der Waals surface area (Å²) >= 11 is 0. The SMILES string of the molecule is CCCC(C)n1cnc2c(C(=O)O)cccc21. The third-order valence-corrected chi connectivity index (χ3v) is 3.02. The monoisotopic (exact) mass is 232 g/mol. The average molecular weight is 232 g/mol. The molecule has 90 valence electrons. The second-order valence-corrected chi connectivity index (χ2v) is 4.27. The predicted molar refractivity (Wildman–Crippen MR) is 66.3 cm³/mol. The Kier molecular flexibility index (Phi) is 3.13. The minimum absolute atomic E-state index is 0.268. The number of fused-ring (bicyclic) bond motifs is 1. The number of imidazole rings is 1. The number of hydrogen-bond donors (Lipinski definition) is 1. The first kappa shape index (κ1) is 11.6. The van der Waals surface area contributed by atoms with E-state index < -0.39 is 5.97 Å². The zero-order valence-electron chi connectivity index (χ0n) is 10.1. The number of carboxylic acids is 1. The van der Waals surface area contributed by atoms with Crippen LogP contribution in [-0.4, -0.2) is 20.6 Å². The Morgan fingerprint density at radius 3 is 2.94 bits per heavy atom. The lowest BCUT2D eigenvalue weighted by atomic mass is 10.1. The maximum absolute atomic E-state index is 11.1. The number of carboxylic acid groups (broad SMARTS) is 1. The van der Waals surface area contributed by atoms with Gasteiger partial charge >= 0.3 is 5.97 Å². The molecule has 1 atom stereocenters. The summed E-state index contributed by atoms with van der Waals surface area (Å²) in [4.78, 5) is 15.3. The maximum atomic E-state index is 11.1. The minimum Gasteiger partial charge on any atom is -0.478 e. The number of rotatable bonds is 4. The van der Waals surface area contributed by atoms with Gasteiger partial charge in [-0.25, -0.2) is 9.78 Å². The van der Waals surface area contributed by atoms with E-state index in [1.807, 2.05) is 10.6 Å². The molecule has 0 bridgehead atoms. The van der Waals surface area contributed by atoms with Crippen LogP contribution in [0, 0.1) is 0 Å². The minimum atomic E-state index is -0.927. The van der Waals surface area contributed by atoms with Crippen LogP contribution in [0.15, 0.2) is 24.5 Å². The molecule has 0 aliphatic rings. The summed E-state index contributed by atoms with van der Waals surface area (Å²) < 4.78 is 2.05. The molecule has 2 rings (SSSR count). The Morgan fingerprint density at radius 1 is 1.53 bits per heavy atom. The van der Waals surface area contributed by atoms with Gasteiger partial charge in [0, 0.05) is 6.04 Å². The Bertz CT molecular complexity index is 545. The second kappa shape index (κ2) is 4.57. The largest absolute Gasteiger partial charge is 0.478 e. The highest BCUT2D eigenvalue weighted by Crippen LogP contribution is 2.23. The van der Waals surface area contributed by atoms with Gasteiger partial charge in [-0.3, -0.25) is 0 Å². The smallest absolute Gasteiger partial charge is 0.337 e. The summed E-state index contributed by atoms with van der Waals surface area (Å²) in [5.41, 5.74) is 1.73. The molecule has 0 saturated carbocycles. The molecule has 4 heteroatoms. The third-order valence-electron chi connectivity index (χ3n) is 3.02. The van der Waals surface area contributed by atoms with Gasteiger partial charge in [0.2, 0.25) is 0 Å². The molecule has 2 aromatic rings. The quantitative estimate of drug-likeness (QED) is 0.881. The third kappa shape index (κ3) is 2.02. The molecule has 1 aromatic heterocycles. The highest BCUT2D eigenvalue weighted by Gasteiger charge is 2.14. The molecule has 0 aliphatic carbocycles. The van der Waals surface area contributed by atoms with Gasteiger partial charge in [-0.1, -0.05) is 19.4 Å². The predicted octanol–water partition coefficient (Wildman–Crippen LogP) is 3.10. The molecule has 1 N–H and O–H groups in total. The molecular formula is C13H16N2O2. The number of para-hydroxylation sites is 1. The lowest BCUT2D eigenvalue weighted by molar-refractivity contribution is 0.0699. The van der Waals surface area contributed by atoms with E-state index in [9.17, 15) is 4.79 Å². The zero-order chi connectivity index (χ0) is 12.4. The van der Waals surface area contributed by atoms with Gasteiger partial charge in [0.15, 0.2) is 0 Å². The molecule has 1 heterocycles. The van der Waals surface area contributed by atoms with Crippen molar-refractivity contribution in [2.24, 2.45) is 0 Å². The van der Waals surface area contributed by atoms with Gasteiger partial charge in [0.1, 0.15) is 5.52 Å². The summed E-state index contributed by atoms with van der Waals surface area (Å²) in [7, 11) is 0. The van der Waals surface area contributed by atoms with Crippen molar-refractivity contribution >= 4 is 17.0 Å². The molecule has 17 heavy (non-hydrogen) atoms. The lowest BCUT2D eigenvalue weighted by Gasteiger charge is -2.13. The van der Waals surface area contributed by atoms with E-state index in [1.165, 1.54) is 0 Å². The van der Waals surface area contributed by atoms with Crippen LogP contribution in [-0.2, 0) is 0 Å². The number of aromatic nitrogens is 2. The first-order chi connectivity index (χ1) is 8.15. The van der Waals surface area contributed by atoms with Gasteiger partial charge in [-0.05, 0) is 25.5 Å². The number of carbonyl (C=O) groups is 1. The molecule has 0 fully saturated rings. The first-order valence-electron chi connectivity index (χ1n) is 5.84. The van der Waals surface area contributed by atoms with Crippen molar-refractivity contribution in [3.05, 3.63) is 30.1 Å². The highest BCUT2D eigenvalue weighted by atomic mass is 16.4. The fourth-order valence-corrected chi connectivity index (χ4v) is 2.14. The molecule has 0 aliphatic heterocycles. The van der Waals surface area contributed by atoms with Gasteiger partial charge in [0.05, 0.1) is 17.4 Å². The number of hydrogen-bond acceptors (Lipinski definition) is 2. The van der Waals surface area contributed by atoms with Crippen LogP contribution in [0.4, 0.5) is 0 Å². The molecule has 1 unspecified atom stereocenters. The molecule has 0 spiro atoms. The summed E-state index contributed by atoms with van der Waals surface area (Å²) in [6.45, 7) is 4.26. The van der Waals surface area contributed by atoms with Crippen LogP contribution < -0.4 is 0 Å². The zero-order valence-corrected chi connectivity index (χ0v) is 10.1. The summed E-state index contributed by atoms with van der Waals surface area (Å²) in [6, 6.07) is 5.62. The van der Waals surface area contributed by atoms with Crippen molar-refractivity contribution in [1.29, 1.82) is 0 Å². The maximum Gasteiger partial charge on any atom is 0.337 e. The molecule has 0 amide bonds. The van der Waals surface area contributed by atoms with Gasteiger partial charge in [0.25, 0.3) is 0 Å². The molecular weight excluding hydrogens is 216 g/mol. The first-order valence-corrected chi connectivity index (χ1v) is 5.84. The van der Waals surface area contributed by atoms with Crippen molar-refractivity contribution < 1.29 is 9.90 Å². The lowest BCUT2D eigenvalue weighted by Crippen LogP contribution is -2.03. The summed E-state index contributed by atoms with van der Waals surface area (Å²) in [6.07, 6.45) is 3.89. The van der Waals surface area contributed by atoms with E-state index in [-0.39, 0.29) is 5.56 Å². The van der Waals surface area contributed by atoms with Gasteiger partial charge in [-0.2, -0.15) is 0 Å². The molecule has 4 nitrogen and oxygen atoms in total. The van der Waals surface area contributed by atoms with Crippen LogP contribution in [0.1, 0.15) is 43.1 Å². The average Bonchev–Trinajstić information content (AvgIpc) is 2.72. The van der Waals surface area contributed by atoms with Gasteiger partial charge < -0.3 is 9.67 Å². The topological polar surface area (TPSA) is 55.1 Å². The molecule has 1 aromatic carbocycles. The van der Waals surface area contributed by atoms with Crippen molar-refractivity contribution in [3.8, 4) is 0 Å². The second-order valence-electron chi connectivity index (χ2n) is 4.27.